The van der Waals surface area contributed by atoms with Crippen LogP contribution in [0.5, 0.6) is 0 Å². The fourth-order valence-corrected chi connectivity index (χ4v) is 5.45. The Hall–Kier alpha value is -2.87. The number of ether oxygens (including phenoxy) is 1. The van der Waals surface area contributed by atoms with Gasteiger partial charge in [-0.2, -0.15) is 0 Å². The van der Waals surface area contributed by atoms with Crippen LogP contribution in [0.3, 0.4) is 0 Å². The lowest BCUT2D eigenvalue weighted by Crippen LogP contribution is -2.39. The first-order valence-electron chi connectivity index (χ1n) is 10.6. The summed E-state index contributed by atoms with van der Waals surface area (Å²) in [5, 5.41) is 1.72. The van der Waals surface area contributed by atoms with Crippen LogP contribution in [0.25, 0.3) is 20.7 Å². The topological polar surface area (TPSA) is 70.3 Å². The molecule has 0 amide bonds. The van der Waals surface area contributed by atoms with Crippen molar-refractivity contribution in [2.24, 2.45) is 7.05 Å². The molecule has 0 bridgehead atoms. The minimum absolute atomic E-state index is 0.137. The second-order valence-corrected chi connectivity index (χ2v) is 9.77. The van der Waals surface area contributed by atoms with Gasteiger partial charge in [-0.3, -0.25) is 18.7 Å². The molecule has 4 aromatic rings. The van der Waals surface area contributed by atoms with Gasteiger partial charge in [0.05, 0.1) is 12.0 Å². The third-order valence-electron chi connectivity index (χ3n) is 5.48. The Labute approximate surface area is 209 Å². The van der Waals surface area contributed by atoms with Gasteiger partial charge in [-0.25, -0.2) is 4.79 Å². The summed E-state index contributed by atoms with van der Waals surface area (Å²) in [5.41, 5.74) is 1.94. The average Bonchev–Trinajstić information content (AvgIpc) is 3.18. The SMILES string of the molecule is CC(=O)OCCCn1c(=O)c2c(Cc3ccc(Cl)cc3)c(-c3cccc(Cl)c3)sc2n(C)c1=O. The number of esters is 1. The van der Waals surface area contributed by atoms with E-state index in [0.717, 1.165) is 21.6 Å². The van der Waals surface area contributed by atoms with Gasteiger partial charge in [0.25, 0.3) is 5.56 Å². The van der Waals surface area contributed by atoms with Crippen LogP contribution in [0.15, 0.2) is 58.1 Å². The summed E-state index contributed by atoms with van der Waals surface area (Å²) < 4.78 is 7.68. The molecular formula is C25H22Cl2N2O4S. The number of hydrogen-bond donors (Lipinski definition) is 0. The maximum Gasteiger partial charge on any atom is 0.331 e. The highest BCUT2D eigenvalue weighted by molar-refractivity contribution is 7.22. The van der Waals surface area contributed by atoms with Crippen molar-refractivity contribution in [3.8, 4) is 10.4 Å². The molecule has 2 heterocycles. The molecule has 9 heteroatoms. The number of aromatic nitrogens is 2. The molecule has 2 aromatic carbocycles. The number of fused-ring (bicyclic) bond motifs is 1. The van der Waals surface area contributed by atoms with Crippen molar-refractivity contribution >= 4 is 50.7 Å². The summed E-state index contributed by atoms with van der Waals surface area (Å²) in [6.07, 6.45) is 0.845. The van der Waals surface area contributed by atoms with Crippen LogP contribution in [-0.2, 0) is 29.5 Å². The van der Waals surface area contributed by atoms with E-state index >= 15 is 0 Å². The van der Waals surface area contributed by atoms with Crippen molar-refractivity contribution in [3.05, 3.63) is 90.5 Å². The van der Waals surface area contributed by atoms with Crippen molar-refractivity contribution in [2.75, 3.05) is 6.61 Å². The van der Waals surface area contributed by atoms with Crippen LogP contribution in [0, 0.1) is 0 Å². The number of hydrogen-bond acceptors (Lipinski definition) is 5. The molecule has 34 heavy (non-hydrogen) atoms. The van der Waals surface area contributed by atoms with Gasteiger partial charge in [0.15, 0.2) is 0 Å². The van der Waals surface area contributed by atoms with Gasteiger partial charge < -0.3 is 4.74 Å². The number of carbonyl (C=O) groups is 1. The zero-order valence-electron chi connectivity index (χ0n) is 18.6. The zero-order chi connectivity index (χ0) is 24.4. The summed E-state index contributed by atoms with van der Waals surface area (Å²) in [7, 11) is 1.66. The third kappa shape index (κ3) is 4.97. The average molecular weight is 517 g/mol. The molecule has 0 fully saturated rings. The predicted octanol–water partition coefficient (Wildman–Crippen LogP) is 5.28. The Morgan fingerprint density at radius 2 is 1.79 bits per heavy atom. The first kappa shape index (κ1) is 24.3. The first-order chi connectivity index (χ1) is 16.3. The maximum absolute atomic E-state index is 13.6. The minimum atomic E-state index is -0.405. The van der Waals surface area contributed by atoms with Crippen molar-refractivity contribution in [1.29, 1.82) is 0 Å². The molecule has 0 radical (unpaired) electrons. The Morgan fingerprint density at radius 3 is 2.47 bits per heavy atom. The normalized spacial score (nSPS) is 11.2. The molecule has 0 aliphatic carbocycles. The Kier molecular flexibility index (Phi) is 7.26. The van der Waals surface area contributed by atoms with E-state index < -0.39 is 11.7 Å². The highest BCUT2D eigenvalue weighted by atomic mass is 35.5. The largest absolute Gasteiger partial charge is 0.466 e. The van der Waals surface area contributed by atoms with Crippen LogP contribution >= 0.6 is 34.5 Å². The Morgan fingerprint density at radius 1 is 1.06 bits per heavy atom. The van der Waals surface area contributed by atoms with Gasteiger partial charge in [0.2, 0.25) is 0 Å². The molecule has 0 aliphatic rings. The molecule has 0 aliphatic heterocycles. The number of halogens is 2. The second kappa shape index (κ2) is 10.2. The lowest BCUT2D eigenvalue weighted by molar-refractivity contribution is -0.141. The second-order valence-electron chi connectivity index (χ2n) is 7.90. The van der Waals surface area contributed by atoms with Gasteiger partial charge in [0, 0.05) is 35.4 Å². The fraction of sp³-hybridized carbons (Fsp3) is 0.240. The molecule has 2 aromatic heterocycles. The molecule has 4 rings (SSSR count). The van der Waals surface area contributed by atoms with Gasteiger partial charge in [-0.1, -0.05) is 47.5 Å². The highest BCUT2D eigenvalue weighted by Crippen LogP contribution is 2.38. The predicted molar refractivity (Wildman–Crippen MR) is 137 cm³/mol. The number of aryl methyl sites for hydroxylation is 1. The smallest absolute Gasteiger partial charge is 0.331 e. The van der Waals surface area contributed by atoms with Gasteiger partial charge in [-0.05, 0) is 53.8 Å². The van der Waals surface area contributed by atoms with E-state index in [1.807, 2.05) is 42.5 Å². The van der Waals surface area contributed by atoms with E-state index in [-0.39, 0.29) is 18.7 Å². The van der Waals surface area contributed by atoms with E-state index in [2.05, 4.69) is 0 Å². The minimum Gasteiger partial charge on any atom is -0.466 e. The van der Waals surface area contributed by atoms with E-state index in [4.69, 9.17) is 27.9 Å². The number of benzene rings is 2. The van der Waals surface area contributed by atoms with Gasteiger partial charge in [-0.15, -0.1) is 11.3 Å². The monoisotopic (exact) mass is 516 g/mol. The molecule has 0 spiro atoms. The molecule has 176 valence electrons. The van der Waals surface area contributed by atoms with E-state index in [1.54, 1.807) is 13.1 Å². The van der Waals surface area contributed by atoms with Crippen molar-refractivity contribution in [1.82, 2.24) is 9.13 Å². The summed E-state index contributed by atoms with van der Waals surface area (Å²) in [6, 6.07) is 14.9. The number of rotatable bonds is 7. The number of nitrogens with zero attached hydrogens (tertiary/aromatic N) is 2. The van der Waals surface area contributed by atoms with E-state index in [0.29, 0.717) is 33.1 Å². The maximum atomic E-state index is 13.6. The summed E-state index contributed by atoms with van der Waals surface area (Å²) in [5.74, 6) is -0.398. The summed E-state index contributed by atoms with van der Waals surface area (Å²) in [4.78, 5) is 39.2. The standard InChI is InChI=1S/C25H22Cl2N2O4S/c1-15(30)33-12-4-11-29-23(31)21-20(13-16-7-9-18(26)10-8-16)22(17-5-3-6-19(27)14-17)34-24(21)28(2)25(29)32/h3,5-10,14H,4,11-13H2,1-2H3. The van der Waals surface area contributed by atoms with Crippen molar-refractivity contribution < 1.29 is 9.53 Å². The zero-order valence-corrected chi connectivity index (χ0v) is 21.0. The van der Waals surface area contributed by atoms with Gasteiger partial charge in [0.1, 0.15) is 4.83 Å². The molecule has 6 nitrogen and oxygen atoms in total. The Bertz CT molecular complexity index is 1490. The molecule has 0 saturated carbocycles. The third-order valence-corrected chi connectivity index (χ3v) is 7.33. The number of thiophene rings is 1. The van der Waals surface area contributed by atoms with Crippen molar-refractivity contribution in [2.45, 2.75) is 26.3 Å². The van der Waals surface area contributed by atoms with E-state index in [9.17, 15) is 14.4 Å². The molecule has 0 atom stereocenters. The first-order valence-corrected chi connectivity index (χ1v) is 12.2. The molecular weight excluding hydrogens is 495 g/mol. The van der Waals surface area contributed by atoms with Crippen LogP contribution in [-0.4, -0.2) is 21.7 Å². The van der Waals surface area contributed by atoms with Crippen LogP contribution in [0.2, 0.25) is 10.0 Å². The molecule has 0 unspecified atom stereocenters. The van der Waals surface area contributed by atoms with E-state index in [1.165, 1.54) is 27.4 Å². The van der Waals surface area contributed by atoms with Crippen LogP contribution < -0.4 is 11.2 Å². The van der Waals surface area contributed by atoms with Crippen molar-refractivity contribution in [3.63, 3.8) is 0 Å². The molecule has 0 N–H and O–H groups in total. The lowest BCUT2D eigenvalue weighted by atomic mass is 10.00. The summed E-state index contributed by atoms with van der Waals surface area (Å²) in [6.45, 7) is 1.61. The summed E-state index contributed by atoms with van der Waals surface area (Å²) >= 11 is 13.7. The molecule has 0 saturated heterocycles. The van der Waals surface area contributed by atoms with Crippen LogP contribution in [0.4, 0.5) is 0 Å². The highest BCUT2D eigenvalue weighted by Gasteiger charge is 2.22. The Balaban J connectivity index is 1.91. The quantitative estimate of drug-likeness (QED) is 0.247. The van der Waals surface area contributed by atoms with Crippen LogP contribution in [0.1, 0.15) is 24.5 Å². The fourth-order valence-electron chi connectivity index (χ4n) is 3.87. The lowest BCUT2D eigenvalue weighted by Gasteiger charge is -2.10. The van der Waals surface area contributed by atoms with Gasteiger partial charge >= 0.3 is 11.7 Å². The number of carbonyl (C=O) groups excluding carboxylic acids is 1.